The molecule has 1 amide bonds. The van der Waals surface area contributed by atoms with Crippen LogP contribution in [0.25, 0.3) is 11.1 Å². The fraction of sp³-hybridized carbons (Fsp3) is 0.400. The van der Waals surface area contributed by atoms with E-state index >= 15 is 0 Å². The molecule has 0 saturated heterocycles. The highest BCUT2D eigenvalue weighted by Gasteiger charge is 2.27. The molecule has 1 aliphatic heterocycles. The Bertz CT molecular complexity index is 1100. The van der Waals surface area contributed by atoms with Crippen molar-refractivity contribution < 1.29 is 17.9 Å². The Labute approximate surface area is 164 Å². The van der Waals surface area contributed by atoms with Gasteiger partial charge in [-0.25, -0.2) is 8.42 Å². The minimum absolute atomic E-state index is 0.0223. The van der Waals surface area contributed by atoms with Gasteiger partial charge in [0.05, 0.1) is 12.0 Å². The smallest absolute Gasteiger partial charge is 0.253 e. The van der Waals surface area contributed by atoms with E-state index < -0.39 is 9.84 Å². The number of pyridine rings is 1. The molecule has 8 heteroatoms. The Hall–Kier alpha value is -2.61. The second kappa shape index (κ2) is 7.43. The molecule has 2 aromatic rings. The van der Waals surface area contributed by atoms with Gasteiger partial charge in [-0.15, -0.1) is 0 Å². The third-order valence-corrected chi connectivity index (χ3v) is 6.23. The van der Waals surface area contributed by atoms with E-state index in [0.717, 1.165) is 11.8 Å². The molecule has 0 fully saturated rings. The van der Waals surface area contributed by atoms with Crippen molar-refractivity contribution in [3.05, 3.63) is 45.9 Å². The number of carbonyl (C=O) groups is 1. The summed E-state index contributed by atoms with van der Waals surface area (Å²) in [6.45, 7) is 2.62. The Kier molecular flexibility index (Phi) is 5.34. The van der Waals surface area contributed by atoms with Crippen molar-refractivity contribution in [3.63, 3.8) is 0 Å². The fourth-order valence-electron chi connectivity index (χ4n) is 3.59. The van der Waals surface area contributed by atoms with Gasteiger partial charge in [-0.05, 0) is 30.2 Å². The number of rotatable bonds is 4. The molecular weight excluding hydrogens is 380 g/mol. The highest BCUT2D eigenvalue weighted by molar-refractivity contribution is 7.90. The summed E-state index contributed by atoms with van der Waals surface area (Å²) >= 11 is 0. The Morgan fingerprint density at radius 3 is 2.54 bits per heavy atom. The first-order chi connectivity index (χ1) is 13.2. The summed E-state index contributed by atoms with van der Waals surface area (Å²) in [5, 5.41) is 0. The van der Waals surface area contributed by atoms with Crippen molar-refractivity contribution in [1.82, 2.24) is 9.47 Å². The van der Waals surface area contributed by atoms with Crippen LogP contribution in [0, 0.1) is 0 Å². The van der Waals surface area contributed by atoms with Crippen LogP contribution in [0.3, 0.4) is 0 Å². The van der Waals surface area contributed by atoms with E-state index in [-0.39, 0.29) is 16.4 Å². The molecule has 0 aliphatic carbocycles. The quantitative estimate of drug-likeness (QED) is 0.775. The molecular formula is C20H24N2O5S. The molecule has 0 radical (unpaired) electrons. The predicted molar refractivity (Wildman–Crippen MR) is 106 cm³/mol. The SMILES string of the molecule is CCC(=O)N1CCc2c(c(-c3cc(S(C)(=O)=O)ccc3OC)cn(C)c2=O)C1. The number of carbonyl (C=O) groups excluding carboxylic acids is 1. The molecule has 0 bridgehead atoms. The van der Waals surface area contributed by atoms with Crippen LogP contribution in [0.5, 0.6) is 5.75 Å². The predicted octanol–water partition coefficient (Wildman–Crippen LogP) is 1.76. The minimum Gasteiger partial charge on any atom is -0.496 e. The maximum Gasteiger partial charge on any atom is 0.253 e. The largest absolute Gasteiger partial charge is 0.496 e. The number of nitrogens with zero attached hydrogens (tertiary/aromatic N) is 2. The van der Waals surface area contributed by atoms with Gasteiger partial charge < -0.3 is 14.2 Å². The number of aryl methyl sites for hydroxylation is 1. The molecule has 1 aromatic heterocycles. The summed E-state index contributed by atoms with van der Waals surface area (Å²) in [6.07, 6.45) is 3.69. The van der Waals surface area contributed by atoms with E-state index in [0.29, 0.717) is 48.4 Å². The van der Waals surface area contributed by atoms with E-state index in [2.05, 4.69) is 0 Å². The number of fused-ring (bicyclic) bond motifs is 1. The molecule has 7 nitrogen and oxygen atoms in total. The lowest BCUT2D eigenvalue weighted by Gasteiger charge is -2.30. The standard InChI is InChI=1S/C20H24N2O5S/c1-5-19(23)22-9-8-14-17(12-22)16(11-21(2)20(14)24)15-10-13(28(4,25)26)6-7-18(15)27-3/h6-7,10-11H,5,8-9,12H2,1-4H3. The molecule has 150 valence electrons. The molecule has 0 N–H and O–H groups in total. The third-order valence-electron chi connectivity index (χ3n) is 5.12. The van der Waals surface area contributed by atoms with Gasteiger partial charge in [0.1, 0.15) is 5.75 Å². The van der Waals surface area contributed by atoms with Gasteiger partial charge >= 0.3 is 0 Å². The van der Waals surface area contributed by atoms with Crippen molar-refractivity contribution in [1.29, 1.82) is 0 Å². The monoisotopic (exact) mass is 404 g/mol. The first-order valence-electron chi connectivity index (χ1n) is 9.05. The second-order valence-corrected chi connectivity index (χ2v) is 8.98. The van der Waals surface area contributed by atoms with E-state index in [9.17, 15) is 18.0 Å². The number of hydrogen-bond donors (Lipinski definition) is 0. The molecule has 0 atom stereocenters. The zero-order chi connectivity index (χ0) is 20.6. The van der Waals surface area contributed by atoms with Crippen LogP contribution in [0.4, 0.5) is 0 Å². The Morgan fingerprint density at radius 2 is 1.93 bits per heavy atom. The summed E-state index contributed by atoms with van der Waals surface area (Å²) in [5.74, 6) is 0.529. The Balaban J connectivity index is 2.28. The average Bonchev–Trinajstić information content (AvgIpc) is 2.68. The van der Waals surface area contributed by atoms with Gasteiger partial charge in [0.2, 0.25) is 5.91 Å². The highest BCUT2D eigenvalue weighted by atomic mass is 32.2. The summed E-state index contributed by atoms with van der Waals surface area (Å²) in [5.41, 5.74) is 2.60. The fourth-order valence-corrected chi connectivity index (χ4v) is 4.23. The molecule has 0 saturated carbocycles. The zero-order valence-electron chi connectivity index (χ0n) is 16.5. The first kappa shape index (κ1) is 20.1. The normalized spacial score (nSPS) is 13.9. The van der Waals surface area contributed by atoms with Crippen molar-refractivity contribution in [3.8, 4) is 16.9 Å². The lowest BCUT2D eigenvalue weighted by Crippen LogP contribution is -2.39. The maximum absolute atomic E-state index is 12.7. The van der Waals surface area contributed by atoms with E-state index in [1.165, 1.54) is 17.7 Å². The van der Waals surface area contributed by atoms with Crippen molar-refractivity contribution >= 4 is 15.7 Å². The summed E-state index contributed by atoms with van der Waals surface area (Å²) in [7, 11) is -0.231. The van der Waals surface area contributed by atoms with Gasteiger partial charge in [-0.3, -0.25) is 9.59 Å². The molecule has 3 rings (SSSR count). The van der Waals surface area contributed by atoms with Gasteiger partial charge in [-0.1, -0.05) is 6.92 Å². The molecule has 0 spiro atoms. The van der Waals surface area contributed by atoms with E-state index in [1.807, 2.05) is 0 Å². The number of benzene rings is 1. The minimum atomic E-state index is -3.41. The van der Waals surface area contributed by atoms with Crippen LogP contribution in [0.15, 0.2) is 34.1 Å². The Morgan fingerprint density at radius 1 is 1.21 bits per heavy atom. The van der Waals surface area contributed by atoms with Gasteiger partial charge in [0, 0.05) is 55.7 Å². The number of methoxy groups -OCH3 is 1. The topological polar surface area (TPSA) is 85.7 Å². The number of ether oxygens (including phenoxy) is 1. The van der Waals surface area contributed by atoms with E-state index in [1.54, 1.807) is 37.2 Å². The van der Waals surface area contributed by atoms with Crippen LogP contribution in [0.1, 0.15) is 24.5 Å². The summed E-state index contributed by atoms with van der Waals surface area (Å²) in [6, 6.07) is 4.68. The number of hydrogen-bond acceptors (Lipinski definition) is 5. The molecule has 1 aliphatic rings. The zero-order valence-corrected chi connectivity index (χ0v) is 17.3. The first-order valence-corrected chi connectivity index (χ1v) is 10.9. The molecule has 0 unspecified atom stereocenters. The average molecular weight is 404 g/mol. The number of aromatic nitrogens is 1. The lowest BCUT2D eigenvalue weighted by molar-refractivity contribution is -0.131. The lowest BCUT2D eigenvalue weighted by atomic mass is 9.92. The van der Waals surface area contributed by atoms with Gasteiger partial charge in [0.15, 0.2) is 9.84 Å². The van der Waals surface area contributed by atoms with Crippen LogP contribution in [0.2, 0.25) is 0 Å². The van der Waals surface area contributed by atoms with Gasteiger partial charge in [-0.2, -0.15) is 0 Å². The summed E-state index contributed by atoms with van der Waals surface area (Å²) < 4.78 is 31.1. The van der Waals surface area contributed by atoms with Crippen molar-refractivity contribution in [2.24, 2.45) is 7.05 Å². The van der Waals surface area contributed by atoms with Crippen molar-refractivity contribution in [2.45, 2.75) is 31.2 Å². The summed E-state index contributed by atoms with van der Waals surface area (Å²) in [4.78, 5) is 26.8. The van der Waals surface area contributed by atoms with Crippen LogP contribution in [-0.4, -0.2) is 43.7 Å². The highest BCUT2D eigenvalue weighted by Crippen LogP contribution is 2.36. The van der Waals surface area contributed by atoms with E-state index in [4.69, 9.17) is 4.74 Å². The number of amides is 1. The maximum atomic E-state index is 12.7. The van der Waals surface area contributed by atoms with Crippen LogP contribution < -0.4 is 10.3 Å². The molecule has 28 heavy (non-hydrogen) atoms. The number of sulfone groups is 1. The molecule has 1 aromatic carbocycles. The van der Waals surface area contributed by atoms with Gasteiger partial charge in [0.25, 0.3) is 5.56 Å². The van der Waals surface area contributed by atoms with Crippen LogP contribution in [-0.2, 0) is 34.6 Å². The third kappa shape index (κ3) is 3.56. The molecule has 2 heterocycles. The second-order valence-electron chi connectivity index (χ2n) is 6.97. The van der Waals surface area contributed by atoms with Crippen LogP contribution >= 0.6 is 0 Å². The van der Waals surface area contributed by atoms with Crippen molar-refractivity contribution in [2.75, 3.05) is 19.9 Å².